The molecule has 2 aromatic carbocycles. The molecule has 0 aliphatic rings. The molecule has 0 bridgehead atoms. The first-order chi connectivity index (χ1) is 19.9. The van der Waals surface area contributed by atoms with Crippen molar-refractivity contribution >= 4 is 22.8 Å². The van der Waals surface area contributed by atoms with Gasteiger partial charge >= 0.3 is 16.8 Å². The van der Waals surface area contributed by atoms with Crippen molar-refractivity contribution in [3.63, 3.8) is 0 Å². The van der Waals surface area contributed by atoms with E-state index in [4.69, 9.17) is 15.0 Å². The molecule has 0 aliphatic carbocycles. The van der Waals surface area contributed by atoms with Crippen LogP contribution in [-0.2, 0) is 42.5 Å². The molecule has 250 valence electrons. The van der Waals surface area contributed by atoms with E-state index in [1.165, 1.54) is 79.2 Å². The van der Waals surface area contributed by atoms with E-state index < -0.39 is 0 Å². The van der Waals surface area contributed by atoms with Crippen LogP contribution in [0.4, 0.5) is 11.4 Å². The van der Waals surface area contributed by atoms with Crippen LogP contribution in [0.3, 0.4) is 0 Å². The Morgan fingerprint density at radius 2 is 0.844 bits per heavy atom. The molecule has 0 unspecified atom stereocenters. The maximum atomic E-state index is 5.27. The van der Waals surface area contributed by atoms with Crippen molar-refractivity contribution in [2.45, 2.75) is 126 Å². The molecule has 1 heterocycles. The van der Waals surface area contributed by atoms with Gasteiger partial charge in [0.15, 0.2) is 0 Å². The van der Waals surface area contributed by atoms with E-state index in [9.17, 15) is 0 Å². The van der Waals surface area contributed by atoms with Gasteiger partial charge < -0.3 is 37.2 Å². The first-order valence-corrected chi connectivity index (χ1v) is 16.2. The third kappa shape index (κ3) is 13.9. The number of halogens is 3. The monoisotopic (exact) mass is 715 g/mol. The van der Waals surface area contributed by atoms with Crippen LogP contribution in [0, 0.1) is 6.92 Å². The van der Waals surface area contributed by atoms with Gasteiger partial charge in [-0.05, 0) is 112 Å². The number of aryl methyl sites for hydroxylation is 5. The molecule has 3 rings (SSSR count). The van der Waals surface area contributed by atoms with Gasteiger partial charge in [-0.15, -0.1) is 0 Å². The summed E-state index contributed by atoms with van der Waals surface area (Å²) in [6.07, 6.45) is 13.7. The second kappa shape index (κ2) is 24.5. The smallest absolute Gasteiger partial charge is 1.00 e. The van der Waals surface area contributed by atoms with Crippen LogP contribution in [0.5, 0.6) is 0 Å². The molecule has 45 heavy (non-hydrogen) atoms. The van der Waals surface area contributed by atoms with E-state index in [-0.39, 0.29) is 54.0 Å². The summed E-state index contributed by atoms with van der Waals surface area (Å²) in [4.78, 5) is 15.7. The number of aliphatic imine (C=N–C) groups is 2. The summed E-state index contributed by atoms with van der Waals surface area (Å²) in [5.74, 6) is 0. The van der Waals surface area contributed by atoms with Crippen LogP contribution in [0.1, 0.15) is 132 Å². The minimum absolute atomic E-state index is 0. The average molecular weight is 717 g/mol. The number of hydrogen-bond acceptors (Lipinski definition) is 3. The molecular formula is C38H53Cl3CoN3. The van der Waals surface area contributed by atoms with Gasteiger partial charge in [-0.3, -0.25) is 9.98 Å². The van der Waals surface area contributed by atoms with Gasteiger partial charge in [-0.2, -0.15) is 0 Å². The van der Waals surface area contributed by atoms with Crippen molar-refractivity contribution in [2.75, 3.05) is 0 Å². The summed E-state index contributed by atoms with van der Waals surface area (Å²) in [5, 5.41) is 0. The summed E-state index contributed by atoms with van der Waals surface area (Å²) in [7, 11) is 0. The summed E-state index contributed by atoms with van der Waals surface area (Å²) in [5.41, 5.74) is 12.7. The fourth-order valence-electron chi connectivity index (χ4n) is 5.34. The number of aromatic nitrogens is 1. The zero-order valence-corrected chi connectivity index (χ0v) is 31.7. The Morgan fingerprint density at radius 1 is 0.556 bits per heavy atom. The van der Waals surface area contributed by atoms with Gasteiger partial charge in [0.25, 0.3) is 0 Å². The van der Waals surface area contributed by atoms with E-state index in [2.05, 4.69) is 97.0 Å². The first kappa shape index (κ1) is 45.4. The number of unbranched alkanes of at least 4 members (excludes halogenated alkanes) is 4. The minimum atomic E-state index is 0. The van der Waals surface area contributed by atoms with E-state index in [0.29, 0.717) is 0 Å². The van der Waals surface area contributed by atoms with E-state index >= 15 is 0 Å². The molecule has 0 saturated heterocycles. The fourth-order valence-corrected chi connectivity index (χ4v) is 5.34. The molecule has 0 aliphatic heterocycles. The third-order valence-electron chi connectivity index (χ3n) is 7.88. The van der Waals surface area contributed by atoms with Gasteiger partial charge in [0, 0.05) is 0 Å². The molecule has 0 spiro atoms. The van der Waals surface area contributed by atoms with Gasteiger partial charge in [-0.25, -0.2) is 4.98 Å². The van der Waals surface area contributed by atoms with E-state index in [1.54, 1.807) is 0 Å². The minimum Gasteiger partial charge on any atom is -1.00 e. The average Bonchev–Trinajstić information content (AvgIpc) is 2.98. The molecule has 0 N–H and O–H groups in total. The predicted octanol–water partition coefficient (Wildman–Crippen LogP) is 2.05. The predicted molar refractivity (Wildman–Crippen MR) is 180 cm³/mol. The standard InChI is InChI=1S/C38H53N3.3ClH.Co/c1-8-12-18-31-22-16-23-32(19-13-9-2)37(31)39-29(6)35-26-28(5)27-36(41-35)30(7)40-38-33(20-14-10-3)24-17-25-34(38)21-15-11-4;;;;/h16-17,22-27H,8-15,18-21H2,1-7H3;3*1H;/q;;;;+3/p-3. The molecule has 7 heteroatoms. The third-order valence-corrected chi connectivity index (χ3v) is 7.88. The molecule has 0 amide bonds. The van der Waals surface area contributed by atoms with Gasteiger partial charge in [0.2, 0.25) is 0 Å². The Balaban J connectivity index is 0. The van der Waals surface area contributed by atoms with Crippen LogP contribution >= 0.6 is 0 Å². The second-order valence-electron chi connectivity index (χ2n) is 11.6. The van der Waals surface area contributed by atoms with Gasteiger partial charge in [-0.1, -0.05) is 89.8 Å². The molecule has 0 saturated carbocycles. The Labute approximate surface area is 303 Å². The molecule has 0 radical (unpaired) electrons. The number of hydrogen-bond donors (Lipinski definition) is 0. The second-order valence-corrected chi connectivity index (χ2v) is 11.6. The van der Waals surface area contributed by atoms with Crippen molar-refractivity contribution < 1.29 is 54.0 Å². The summed E-state index contributed by atoms with van der Waals surface area (Å²) in [6, 6.07) is 17.8. The van der Waals surface area contributed by atoms with Crippen LogP contribution in [0.2, 0.25) is 0 Å². The Hall–Kier alpha value is -1.69. The van der Waals surface area contributed by atoms with Crippen LogP contribution in [0.25, 0.3) is 0 Å². The SMILES string of the molecule is CCCCc1cccc(CCCC)c1N=C(C)c1cc(C)cc(C(C)=Nc2c(CCCC)cccc2CCCC)n1.[Cl-].[Cl-].[Cl-].[Co+3]. The van der Waals surface area contributed by atoms with Crippen molar-refractivity contribution in [1.29, 1.82) is 0 Å². The largest absolute Gasteiger partial charge is 3.00 e. The van der Waals surface area contributed by atoms with E-state index in [1.807, 2.05) is 0 Å². The topological polar surface area (TPSA) is 37.6 Å². The summed E-state index contributed by atoms with van der Waals surface area (Å²) >= 11 is 0. The zero-order chi connectivity index (χ0) is 29.6. The fraction of sp³-hybridized carbons (Fsp3) is 0.500. The molecule has 3 nitrogen and oxygen atoms in total. The number of para-hydroxylation sites is 2. The van der Waals surface area contributed by atoms with Crippen LogP contribution in [-0.4, -0.2) is 16.4 Å². The molecular weight excluding hydrogens is 664 g/mol. The molecule has 3 aromatic rings. The maximum Gasteiger partial charge on any atom is 3.00 e. The van der Waals surface area contributed by atoms with Crippen molar-refractivity contribution in [1.82, 2.24) is 4.98 Å². The number of nitrogens with zero attached hydrogens (tertiary/aromatic N) is 3. The summed E-state index contributed by atoms with van der Waals surface area (Å²) in [6.45, 7) is 15.4. The molecule has 1 aromatic heterocycles. The number of rotatable bonds is 16. The first-order valence-electron chi connectivity index (χ1n) is 16.2. The van der Waals surface area contributed by atoms with Crippen molar-refractivity contribution in [3.05, 3.63) is 87.7 Å². The summed E-state index contributed by atoms with van der Waals surface area (Å²) < 4.78 is 0. The van der Waals surface area contributed by atoms with Crippen LogP contribution in [0.15, 0.2) is 58.5 Å². The molecule has 0 fully saturated rings. The number of pyridine rings is 1. The Bertz CT molecular complexity index is 1190. The quantitative estimate of drug-likeness (QED) is 0.210. The normalized spacial score (nSPS) is 11.2. The zero-order valence-electron chi connectivity index (χ0n) is 28.4. The van der Waals surface area contributed by atoms with Gasteiger partial charge in [0.1, 0.15) is 0 Å². The van der Waals surface area contributed by atoms with Gasteiger partial charge in [0.05, 0.1) is 34.2 Å². The number of benzene rings is 2. The maximum absolute atomic E-state index is 5.27. The molecule has 0 atom stereocenters. The Morgan fingerprint density at radius 3 is 1.11 bits per heavy atom. The van der Waals surface area contributed by atoms with Crippen molar-refractivity contribution in [3.8, 4) is 0 Å². The van der Waals surface area contributed by atoms with Crippen molar-refractivity contribution in [2.24, 2.45) is 9.98 Å². The Kier molecular flexibility index (Phi) is 24.7. The van der Waals surface area contributed by atoms with E-state index in [0.717, 1.165) is 59.9 Å². The van der Waals surface area contributed by atoms with Crippen LogP contribution < -0.4 is 37.2 Å².